The second-order valence-corrected chi connectivity index (χ2v) is 7.53. The van der Waals surface area contributed by atoms with Crippen LogP contribution < -0.4 is 4.90 Å². The van der Waals surface area contributed by atoms with E-state index in [4.69, 9.17) is 5.21 Å². The number of hydrogen-bond acceptors (Lipinski definition) is 4. The van der Waals surface area contributed by atoms with Crippen LogP contribution in [0.1, 0.15) is 29.5 Å². The van der Waals surface area contributed by atoms with E-state index in [1.807, 2.05) is 18.2 Å². The lowest BCUT2D eigenvalue weighted by Crippen LogP contribution is -2.45. The molecule has 1 fully saturated rings. The Morgan fingerprint density at radius 1 is 1.07 bits per heavy atom. The van der Waals surface area contributed by atoms with Crippen LogP contribution in [-0.4, -0.2) is 48.5 Å². The number of piperidine rings is 1. The quantitative estimate of drug-likeness (QED) is 0.498. The summed E-state index contributed by atoms with van der Waals surface area (Å²) in [7, 11) is 0. The summed E-state index contributed by atoms with van der Waals surface area (Å²) >= 11 is 0. The van der Waals surface area contributed by atoms with E-state index < -0.39 is 0 Å². The van der Waals surface area contributed by atoms with Gasteiger partial charge in [-0.25, -0.2) is 4.39 Å². The van der Waals surface area contributed by atoms with E-state index in [1.54, 1.807) is 12.1 Å². The van der Waals surface area contributed by atoms with Crippen LogP contribution in [0.25, 0.3) is 0 Å². The van der Waals surface area contributed by atoms with Crippen molar-refractivity contribution in [2.45, 2.75) is 31.7 Å². The number of hydrogen-bond donors (Lipinski definition) is 1. The molecule has 2 aliphatic heterocycles. The van der Waals surface area contributed by atoms with Crippen molar-refractivity contribution in [2.24, 2.45) is 5.16 Å². The van der Waals surface area contributed by atoms with E-state index in [0.717, 1.165) is 44.6 Å². The van der Waals surface area contributed by atoms with Gasteiger partial charge in [0.05, 0.1) is 6.21 Å². The monoisotopic (exact) mass is 367 g/mol. The van der Waals surface area contributed by atoms with Crippen molar-refractivity contribution in [3.8, 4) is 0 Å². The fourth-order valence-electron chi connectivity index (χ4n) is 4.34. The van der Waals surface area contributed by atoms with Gasteiger partial charge in [-0.15, -0.1) is 0 Å². The summed E-state index contributed by atoms with van der Waals surface area (Å²) in [5.74, 6) is -0.168. The largest absolute Gasteiger partial charge is 0.411 e. The second kappa shape index (κ2) is 8.09. The van der Waals surface area contributed by atoms with Crippen molar-refractivity contribution in [2.75, 3.05) is 31.1 Å². The van der Waals surface area contributed by atoms with Crippen LogP contribution in [0.2, 0.25) is 0 Å². The second-order valence-electron chi connectivity index (χ2n) is 7.53. The maximum atomic E-state index is 13.0. The van der Waals surface area contributed by atoms with Gasteiger partial charge in [0.25, 0.3) is 0 Å². The SMILES string of the molecule is O/N=C\c1ccc2c(c1)N(C1CCN(CCc3ccc(F)cc3)CC1)CC2. The van der Waals surface area contributed by atoms with E-state index in [1.165, 1.54) is 35.9 Å². The van der Waals surface area contributed by atoms with Crippen LogP contribution in [-0.2, 0) is 12.8 Å². The number of halogens is 1. The number of oxime groups is 1. The normalized spacial score (nSPS) is 18.3. The molecule has 0 radical (unpaired) electrons. The van der Waals surface area contributed by atoms with E-state index in [9.17, 15) is 4.39 Å². The minimum absolute atomic E-state index is 0.168. The molecule has 2 aliphatic rings. The Labute approximate surface area is 159 Å². The smallest absolute Gasteiger partial charge is 0.123 e. The standard InChI is InChI=1S/C22H26FN3O/c23-20-5-2-17(3-6-20)7-11-25-12-9-21(10-13-25)26-14-8-19-4-1-18(16-24-27)15-22(19)26/h1-6,15-16,21,27H,7-14H2/b24-16-. The Morgan fingerprint density at radius 2 is 1.85 bits per heavy atom. The molecular formula is C22H26FN3O. The number of benzene rings is 2. The van der Waals surface area contributed by atoms with Gasteiger partial charge in [-0.3, -0.25) is 0 Å². The lowest BCUT2D eigenvalue weighted by molar-refractivity contribution is 0.212. The molecule has 0 amide bonds. The van der Waals surface area contributed by atoms with Gasteiger partial charge in [0, 0.05) is 37.9 Å². The first-order valence-corrected chi connectivity index (χ1v) is 9.77. The molecule has 1 saturated heterocycles. The van der Waals surface area contributed by atoms with Gasteiger partial charge < -0.3 is 15.0 Å². The fraction of sp³-hybridized carbons (Fsp3) is 0.409. The third-order valence-corrected chi connectivity index (χ3v) is 5.88. The Kier molecular flexibility index (Phi) is 5.39. The summed E-state index contributed by atoms with van der Waals surface area (Å²) in [6.45, 7) is 4.33. The zero-order chi connectivity index (χ0) is 18.6. The molecule has 4 rings (SSSR count). The number of anilines is 1. The Hall–Kier alpha value is -2.40. The van der Waals surface area contributed by atoms with Gasteiger partial charge in [-0.05, 0) is 60.6 Å². The molecule has 2 aromatic carbocycles. The number of likely N-dealkylation sites (tertiary alicyclic amines) is 1. The molecule has 0 saturated carbocycles. The maximum Gasteiger partial charge on any atom is 0.123 e. The van der Waals surface area contributed by atoms with Crippen molar-refractivity contribution in [1.29, 1.82) is 0 Å². The molecule has 5 heteroatoms. The summed E-state index contributed by atoms with van der Waals surface area (Å²) in [5, 5.41) is 11.9. The van der Waals surface area contributed by atoms with Gasteiger partial charge in [0.1, 0.15) is 5.82 Å². The van der Waals surface area contributed by atoms with Crippen LogP contribution in [0.3, 0.4) is 0 Å². The highest BCUT2D eigenvalue weighted by Gasteiger charge is 2.29. The van der Waals surface area contributed by atoms with Crippen molar-refractivity contribution in [3.05, 3.63) is 65.0 Å². The van der Waals surface area contributed by atoms with Gasteiger partial charge in [-0.1, -0.05) is 29.4 Å². The minimum atomic E-state index is -0.168. The van der Waals surface area contributed by atoms with Crippen molar-refractivity contribution < 1.29 is 9.60 Å². The summed E-state index contributed by atoms with van der Waals surface area (Å²) in [5.41, 5.74) is 4.84. The summed E-state index contributed by atoms with van der Waals surface area (Å²) in [4.78, 5) is 5.06. The third kappa shape index (κ3) is 4.14. The first-order valence-electron chi connectivity index (χ1n) is 9.77. The van der Waals surface area contributed by atoms with Crippen LogP contribution >= 0.6 is 0 Å². The molecule has 2 heterocycles. The molecule has 1 N–H and O–H groups in total. The van der Waals surface area contributed by atoms with Gasteiger partial charge >= 0.3 is 0 Å². The van der Waals surface area contributed by atoms with E-state index >= 15 is 0 Å². The van der Waals surface area contributed by atoms with E-state index in [-0.39, 0.29) is 5.82 Å². The predicted molar refractivity (Wildman–Crippen MR) is 106 cm³/mol. The molecule has 0 unspecified atom stereocenters. The highest BCUT2D eigenvalue weighted by Crippen LogP contribution is 2.33. The highest BCUT2D eigenvalue weighted by molar-refractivity contribution is 5.82. The molecule has 0 atom stereocenters. The molecule has 2 aromatic rings. The van der Waals surface area contributed by atoms with Crippen molar-refractivity contribution in [3.63, 3.8) is 0 Å². The Bertz CT molecular complexity index is 798. The van der Waals surface area contributed by atoms with Crippen LogP contribution in [0.4, 0.5) is 10.1 Å². The van der Waals surface area contributed by atoms with Crippen molar-refractivity contribution in [1.82, 2.24) is 4.90 Å². The summed E-state index contributed by atoms with van der Waals surface area (Å²) < 4.78 is 13.0. The van der Waals surface area contributed by atoms with Gasteiger partial charge in [0.15, 0.2) is 0 Å². The molecular weight excluding hydrogens is 341 g/mol. The van der Waals surface area contributed by atoms with Crippen LogP contribution in [0.15, 0.2) is 47.6 Å². The van der Waals surface area contributed by atoms with Gasteiger partial charge in [-0.2, -0.15) is 0 Å². The lowest BCUT2D eigenvalue weighted by atomic mass is 10.0. The Balaban J connectivity index is 1.32. The van der Waals surface area contributed by atoms with E-state index in [2.05, 4.69) is 27.1 Å². The average molecular weight is 367 g/mol. The predicted octanol–water partition coefficient (Wildman–Crippen LogP) is 3.70. The topological polar surface area (TPSA) is 39.1 Å². The minimum Gasteiger partial charge on any atom is -0.411 e. The number of fused-ring (bicyclic) bond motifs is 1. The molecule has 0 spiro atoms. The molecule has 142 valence electrons. The average Bonchev–Trinajstić information content (AvgIpc) is 3.11. The summed E-state index contributed by atoms with van der Waals surface area (Å²) in [6.07, 6.45) is 5.90. The van der Waals surface area contributed by atoms with Crippen LogP contribution in [0, 0.1) is 5.82 Å². The van der Waals surface area contributed by atoms with Crippen molar-refractivity contribution >= 4 is 11.9 Å². The molecule has 0 aliphatic carbocycles. The maximum absolute atomic E-state index is 13.0. The fourth-order valence-corrected chi connectivity index (χ4v) is 4.34. The summed E-state index contributed by atoms with van der Waals surface area (Å²) in [6, 6.07) is 13.7. The molecule has 0 bridgehead atoms. The molecule has 4 nitrogen and oxygen atoms in total. The number of rotatable bonds is 5. The molecule has 27 heavy (non-hydrogen) atoms. The first-order chi connectivity index (χ1) is 13.2. The van der Waals surface area contributed by atoms with Crippen LogP contribution in [0.5, 0.6) is 0 Å². The highest BCUT2D eigenvalue weighted by atomic mass is 19.1. The Morgan fingerprint density at radius 3 is 2.59 bits per heavy atom. The number of nitrogens with zero attached hydrogens (tertiary/aromatic N) is 3. The molecule has 0 aromatic heterocycles. The lowest BCUT2D eigenvalue weighted by Gasteiger charge is -2.38. The third-order valence-electron chi connectivity index (χ3n) is 5.88. The first kappa shape index (κ1) is 18.0. The zero-order valence-electron chi connectivity index (χ0n) is 15.5. The zero-order valence-corrected chi connectivity index (χ0v) is 15.5. The van der Waals surface area contributed by atoms with E-state index in [0.29, 0.717) is 6.04 Å². The van der Waals surface area contributed by atoms with Gasteiger partial charge in [0.2, 0.25) is 0 Å².